The number of rotatable bonds is 6. The van der Waals surface area contributed by atoms with Crippen molar-refractivity contribution in [2.45, 2.75) is 31.5 Å². The lowest BCUT2D eigenvalue weighted by atomic mass is 9.96. The van der Waals surface area contributed by atoms with Crippen LogP contribution in [-0.4, -0.2) is 17.1 Å². The van der Waals surface area contributed by atoms with E-state index in [1.54, 1.807) is 16.7 Å². The Labute approximate surface area is 195 Å². The van der Waals surface area contributed by atoms with Gasteiger partial charge in [0.2, 0.25) is 0 Å². The normalized spacial score (nSPS) is 18.3. The van der Waals surface area contributed by atoms with Crippen molar-refractivity contribution in [3.63, 3.8) is 0 Å². The van der Waals surface area contributed by atoms with Crippen molar-refractivity contribution in [2.75, 3.05) is 6.54 Å². The molecule has 2 aliphatic rings. The number of fused-ring (bicyclic) bond motifs is 1. The van der Waals surface area contributed by atoms with Crippen molar-refractivity contribution in [3.05, 3.63) is 106 Å². The molecule has 0 radical (unpaired) electrons. The summed E-state index contributed by atoms with van der Waals surface area (Å²) in [4.78, 5) is 24.8. The summed E-state index contributed by atoms with van der Waals surface area (Å²) < 4.78 is 21.9. The van der Waals surface area contributed by atoms with Crippen LogP contribution in [0.5, 0.6) is 0 Å². The monoisotopic (exact) mass is 454 g/mol. The molecule has 3 heterocycles. The van der Waals surface area contributed by atoms with E-state index in [1.807, 2.05) is 48.5 Å². The fourth-order valence-electron chi connectivity index (χ4n) is 5.21. The van der Waals surface area contributed by atoms with Crippen LogP contribution in [0.25, 0.3) is 22.0 Å². The third-order valence-electron chi connectivity index (χ3n) is 6.86. The smallest absolute Gasteiger partial charge is 0.339 e. The second-order valence-electron chi connectivity index (χ2n) is 8.89. The summed E-state index contributed by atoms with van der Waals surface area (Å²) in [5.41, 5.74) is 4.71. The molecule has 6 rings (SSSR count). The number of esters is 1. The van der Waals surface area contributed by atoms with Gasteiger partial charge < -0.3 is 14.6 Å². The second kappa shape index (κ2) is 8.22. The van der Waals surface area contributed by atoms with Gasteiger partial charge in [-0.1, -0.05) is 42.5 Å². The standard InChI is InChI=1S/C28H23FN2O3/c29-22-12-9-18-10-13-25(32)31-16-23(26(22)27(18)31)30-14-4-7-24-20-11-8-19(15-21(20)28(33)34-24)17-5-2-1-3-6-17/h1-3,5-6,8-13,15,23-24,30H,4,7,14,16H2. The van der Waals surface area contributed by atoms with Crippen molar-refractivity contribution in [1.29, 1.82) is 0 Å². The Balaban J connectivity index is 1.13. The molecule has 170 valence electrons. The molecule has 4 aromatic rings. The van der Waals surface area contributed by atoms with Crippen LogP contribution in [-0.2, 0) is 11.3 Å². The van der Waals surface area contributed by atoms with Crippen molar-refractivity contribution in [2.24, 2.45) is 0 Å². The van der Waals surface area contributed by atoms with Crippen LogP contribution in [0.3, 0.4) is 0 Å². The van der Waals surface area contributed by atoms with Crippen molar-refractivity contribution in [3.8, 4) is 11.1 Å². The summed E-state index contributed by atoms with van der Waals surface area (Å²) >= 11 is 0. The van der Waals surface area contributed by atoms with E-state index in [4.69, 9.17) is 4.74 Å². The van der Waals surface area contributed by atoms with Gasteiger partial charge in [-0.25, -0.2) is 9.18 Å². The number of halogens is 1. The topological polar surface area (TPSA) is 60.3 Å². The number of nitrogens with one attached hydrogen (secondary N) is 1. The quantitative estimate of drug-likeness (QED) is 0.324. The van der Waals surface area contributed by atoms with Gasteiger partial charge in [-0.3, -0.25) is 4.79 Å². The third-order valence-corrected chi connectivity index (χ3v) is 6.86. The van der Waals surface area contributed by atoms with E-state index in [9.17, 15) is 14.0 Å². The van der Waals surface area contributed by atoms with Crippen molar-refractivity contribution < 1.29 is 13.9 Å². The molecule has 2 unspecified atom stereocenters. The summed E-state index contributed by atoms with van der Waals surface area (Å²) in [7, 11) is 0. The van der Waals surface area contributed by atoms with Gasteiger partial charge in [0, 0.05) is 23.7 Å². The molecule has 1 aromatic heterocycles. The number of carbonyl (C=O) groups excluding carboxylic acids is 1. The lowest BCUT2D eigenvalue weighted by Crippen LogP contribution is -2.26. The van der Waals surface area contributed by atoms with Gasteiger partial charge in [0.05, 0.1) is 17.1 Å². The number of carbonyl (C=O) groups is 1. The molecule has 34 heavy (non-hydrogen) atoms. The van der Waals surface area contributed by atoms with Gasteiger partial charge in [-0.2, -0.15) is 0 Å². The molecule has 0 saturated heterocycles. The van der Waals surface area contributed by atoms with E-state index >= 15 is 0 Å². The maximum Gasteiger partial charge on any atom is 0.339 e. The molecule has 2 aliphatic heterocycles. The van der Waals surface area contributed by atoms with E-state index in [1.165, 1.54) is 12.1 Å². The van der Waals surface area contributed by atoms with Crippen LogP contribution in [0.15, 0.2) is 77.6 Å². The Hall–Kier alpha value is -3.77. The van der Waals surface area contributed by atoms with Gasteiger partial charge in [0.1, 0.15) is 11.9 Å². The number of cyclic esters (lactones) is 1. The van der Waals surface area contributed by atoms with Crippen molar-refractivity contribution in [1.82, 2.24) is 9.88 Å². The van der Waals surface area contributed by atoms with Gasteiger partial charge >= 0.3 is 5.97 Å². The third kappa shape index (κ3) is 3.42. The first kappa shape index (κ1) is 20.8. The Morgan fingerprint density at radius 2 is 1.79 bits per heavy atom. The first-order valence-electron chi connectivity index (χ1n) is 11.6. The number of pyridine rings is 1. The Morgan fingerprint density at radius 3 is 2.65 bits per heavy atom. The molecule has 0 fully saturated rings. The zero-order valence-corrected chi connectivity index (χ0v) is 18.5. The maximum absolute atomic E-state index is 14.6. The fraction of sp³-hybridized carbons (Fsp3) is 0.214. The van der Waals surface area contributed by atoms with Crippen LogP contribution >= 0.6 is 0 Å². The Kier molecular flexibility index (Phi) is 5.03. The van der Waals surface area contributed by atoms with Crippen LogP contribution in [0.1, 0.15) is 46.5 Å². The molecule has 2 atom stereocenters. The summed E-state index contributed by atoms with van der Waals surface area (Å²) in [6.07, 6.45) is 1.14. The van der Waals surface area contributed by atoms with E-state index < -0.39 is 0 Å². The van der Waals surface area contributed by atoms with Crippen LogP contribution in [0, 0.1) is 5.82 Å². The molecule has 0 spiro atoms. The number of hydrogen-bond acceptors (Lipinski definition) is 4. The van der Waals surface area contributed by atoms with Crippen LogP contribution in [0.4, 0.5) is 4.39 Å². The molecule has 6 heteroatoms. The molecule has 0 amide bonds. The summed E-state index contributed by atoms with van der Waals surface area (Å²) in [6, 6.07) is 22.1. The van der Waals surface area contributed by atoms with E-state index in [0.717, 1.165) is 28.5 Å². The van der Waals surface area contributed by atoms with Gasteiger partial charge in [0.15, 0.2) is 0 Å². The summed E-state index contributed by atoms with van der Waals surface area (Å²) in [5, 5.41) is 4.27. The van der Waals surface area contributed by atoms with Gasteiger partial charge in [-0.15, -0.1) is 0 Å². The molecule has 3 aromatic carbocycles. The predicted molar refractivity (Wildman–Crippen MR) is 128 cm³/mol. The first-order valence-corrected chi connectivity index (χ1v) is 11.6. The van der Waals surface area contributed by atoms with E-state index in [-0.39, 0.29) is 29.5 Å². The highest BCUT2D eigenvalue weighted by molar-refractivity contribution is 5.95. The number of benzene rings is 3. The molecule has 0 saturated carbocycles. The van der Waals surface area contributed by atoms with E-state index in [0.29, 0.717) is 36.2 Å². The summed E-state index contributed by atoms with van der Waals surface area (Å²) in [6.45, 7) is 1.03. The van der Waals surface area contributed by atoms with Crippen LogP contribution in [0.2, 0.25) is 0 Å². The minimum Gasteiger partial charge on any atom is -0.454 e. The largest absolute Gasteiger partial charge is 0.454 e. The van der Waals surface area contributed by atoms with Gasteiger partial charge in [-0.05, 0) is 60.2 Å². The minimum absolute atomic E-state index is 0.118. The highest BCUT2D eigenvalue weighted by atomic mass is 19.1. The van der Waals surface area contributed by atoms with E-state index in [2.05, 4.69) is 5.32 Å². The zero-order valence-electron chi connectivity index (χ0n) is 18.5. The maximum atomic E-state index is 14.6. The lowest BCUT2D eigenvalue weighted by Gasteiger charge is -2.15. The average Bonchev–Trinajstić information content (AvgIpc) is 3.40. The molecule has 5 nitrogen and oxygen atoms in total. The number of aromatic nitrogens is 1. The lowest BCUT2D eigenvalue weighted by molar-refractivity contribution is 0.0364. The minimum atomic E-state index is -0.297. The number of nitrogens with zero attached hydrogens (tertiary/aromatic N) is 1. The average molecular weight is 455 g/mol. The Morgan fingerprint density at radius 1 is 0.971 bits per heavy atom. The predicted octanol–water partition coefficient (Wildman–Crippen LogP) is 5.14. The fourth-order valence-corrected chi connectivity index (χ4v) is 5.21. The number of hydrogen-bond donors (Lipinski definition) is 1. The number of ether oxygens (including phenoxy) is 1. The highest BCUT2D eigenvalue weighted by Gasteiger charge is 2.31. The highest BCUT2D eigenvalue weighted by Crippen LogP contribution is 2.37. The molecule has 0 bridgehead atoms. The zero-order chi connectivity index (χ0) is 23.2. The van der Waals surface area contributed by atoms with Crippen LogP contribution < -0.4 is 10.9 Å². The van der Waals surface area contributed by atoms with Gasteiger partial charge in [0.25, 0.3) is 5.56 Å². The molecular formula is C28H23FN2O3. The summed E-state index contributed by atoms with van der Waals surface area (Å²) in [5.74, 6) is -0.583. The second-order valence-corrected chi connectivity index (χ2v) is 8.89. The molecular weight excluding hydrogens is 431 g/mol. The first-order chi connectivity index (χ1) is 16.6. The van der Waals surface area contributed by atoms with Crippen molar-refractivity contribution >= 4 is 16.9 Å². The molecule has 0 aliphatic carbocycles. The Bertz CT molecular complexity index is 1480. The molecule has 1 N–H and O–H groups in total. The SMILES string of the molecule is O=C1OC(CCCNC2Cn3c(=O)ccc4ccc(F)c2c43)c2ccc(-c3ccccc3)cc21.